The van der Waals surface area contributed by atoms with Gasteiger partial charge >= 0.3 is 0 Å². The second kappa shape index (κ2) is 11.0. The van der Waals surface area contributed by atoms with E-state index in [2.05, 4.69) is 179 Å². The van der Waals surface area contributed by atoms with Crippen LogP contribution in [0.25, 0.3) is 122 Å². The zero-order valence-corrected chi connectivity index (χ0v) is 30.0. The Labute approximate surface area is 320 Å². The van der Waals surface area contributed by atoms with Gasteiger partial charge in [0.2, 0.25) is 11.4 Å². The molecule has 0 saturated heterocycles. The molecule has 0 radical (unpaired) electrons. The first kappa shape index (κ1) is 29.8. The Morgan fingerprint density at radius 3 is 1.25 bits per heavy atom. The normalized spacial score (nSPS) is 12.3. The van der Waals surface area contributed by atoms with Gasteiger partial charge in [0.15, 0.2) is 0 Å². The van der Waals surface area contributed by atoms with Crippen LogP contribution in [0.5, 0.6) is 0 Å². The number of rotatable bonds is 2. The SMILES string of the molecule is c1ccc2c(c1)-c1ccccc1-c1ccc(-n3c4ccc(-n5c6ccccc6c6c7ccccc7oc65)cc4c4c5ccccc5oc43)cc1-c1ccccc1-2. The van der Waals surface area contributed by atoms with E-state index in [0.29, 0.717) is 0 Å². The lowest BCUT2D eigenvalue weighted by Gasteiger charge is -2.23. The number of benzene rings is 8. The first-order valence-electron chi connectivity index (χ1n) is 19.1. The van der Waals surface area contributed by atoms with Gasteiger partial charge in [0.1, 0.15) is 11.2 Å². The molecule has 0 unspecified atom stereocenters. The summed E-state index contributed by atoms with van der Waals surface area (Å²) in [4.78, 5) is 0. The summed E-state index contributed by atoms with van der Waals surface area (Å²) in [7, 11) is 0. The minimum absolute atomic E-state index is 0.828. The maximum absolute atomic E-state index is 6.83. The van der Waals surface area contributed by atoms with Crippen molar-refractivity contribution in [1.29, 1.82) is 0 Å². The molecule has 260 valence electrons. The molecule has 4 nitrogen and oxygen atoms in total. The highest BCUT2D eigenvalue weighted by Gasteiger charge is 2.26. The van der Waals surface area contributed by atoms with Gasteiger partial charge < -0.3 is 8.83 Å². The van der Waals surface area contributed by atoms with Gasteiger partial charge in [0, 0.05) is 32.9 Å². The minimum Gasteiger partial charge on any atom is -0.439 e. The lowest BCUT2D eigenvalue weighted by atomic mass is 9.81. The highest BCUT2D eigenvalue weighted by atomic mass is 16.3. The van der Waals surface area contributed by atoms with Crippen molar-refractivity contribution in [2.75, 3.05) is 0 Å². The Morgan fingerprint density at radius 2 is 0.679 bits per heavy atom. The van der Waals surface area contributed by atoms with Gasteiger partial charge in [-0.3, -0.25) is 9.13 Å². The largest absolute Gasteiger partial charge is 0.439 e. The van der Waals surface area contributed by atoms with Crippen molar-refractivity contribution in [1.82, 2.24) is 9.13 Å². The molecule has 0 bridgehead atoms. The highest BCUT2D eigenvalue weighted by Crippen LogP contribution is 2.49. The smallest absolute Gasteiger partial charge is 0.213 e. The van der Waals surface area contributed by atoms with Gasteiger partial charge in [-0.1, -0.05) is 133 Å². The number of furan rings is 2. The summed E-state index contributed by atoms with van der Waals surface area (Å²) in [5.41, 5.74) is 17.5. The van der Waals surface area contributed by atoms with Crippen LogP contribution in [0.15, 0.2) is 191 Å². The number of para-hydroxylation sites is 3. The molecule has 4 heterocycles. The van der Waals surface area contributed by atoms with Gasteiger partial charge in [0.25, 0.3) is 0 Å². The lowest BCUT2D eigenvalue weighted by Crippen LogP contribution is -2.00. The molecule has 1 aliphatic carbocycles. The van der Waals surface area contributed by atoms with Crippen LogP contribution in [-0.2, 0) is 0 Å². The minimum atomic E-state index is 0.828. The Bertz CT molecular complexity index is 3600. The van der Waals surface area contributed by atoms with Gasteiger partial charge in [-0.25, -0.2) is 0 Å². The average molecular weight is 715 g/mol. The molecule has 4 aromatic heterocycles. The van der Waals surface area contributed by atoms with E-state index in [1.54, 1.807) is 0 Å². The molecule has 12 aromatic rings. The van der Waals surface area contributed by atoms with Crippen LogP contribution in [0.3, 0.4) is 0 Å². The Kier molecular flexibility index (Phi) is 5.86. The average Bonchev–Trinajstić information content (AvgIpc) is 3.99. The number of aromatic nitrogens is 2. The molecule has 0 saturated carbocycles. The van der Waals surface area contributed by atoms with Gasteiger partial charge in [-0.05, 0) is 93.0 Å². The maximum Gasteiger partial charge on any atom is 0.213 e. The summed E-state index contributed by atoms with van der Waals surface area (Å²) in [6.45, 7) is 0. The summed E-state index contributed by atoms with van der Waals surface area (Å²) in [6.07, 6.45) is 0. The quantitative estimate of drug-likeness (QED) is 0.179. The van der Waals surface area contributed by atoms with E-state index in [1.807, 2.05) is 12.1 Å². The van der Waals surface area contributed by atoms with Crippen molar-refractivity contribution in [3.63, 3.8) is 0 Å². The predicted octanol–water partition coefficient (Wildman–Crippen LogP) is 14.4. The van der Waals surface area contributed by atoms with Crippen LogP contribution in [0.1, 0.15) is 0 Å². The molecule has 4 heteroatoms. The molecule has 56 heavy (non-hydrogen) atoms. The fourth-order valence-corrected chi connectivity index (χ4v) is 9.56. The Hall–Kier alpha value is -7.56. The Morgan fingerprint density at radius 1 is 0.286 bits per heavy atom. The summed E-state index contributed by atoms with van der Waals surface area (Å²) >= 11 is 0. The van der Waals surface area contributed by atoms with E-state index in [9.17, 15) is 0 Å². The third-order valence-corrected chi connectivity index (χ3v) is 11.9. The molecule has 8 aromatic carbocycles. The number of hydrogen-bond donors (Lipinski definition) is 0. The van der Waals surface area contributed by atoms with E-state index in [4.69, 9.17) is 8.83 Å². The van der Waals surface area contributed by atoms with Crippen LogP contribution in [0, 0.1) is 0 Å². The molecular weight excluding hydrogens is 685 g/mol. The van der Waals surface area contributed by atoms with Crippen molar-refractivity contribution in [2.45, 2.75) is 0 Å². The Balaban J connectivity index is 1.10. The molecule has 0 aliphatic heterocycles. The molecule has 0 N–H and O–H groups in total. The maximum atomic E-state index is 6.83. The summed E-state index contributed by atoms with van der Waals surface area (Å²) in [5, 5.41) is 6.75. The third-order valence-electron chi connectivity index (χ3n) is 11.9. The molecule has 0 amide bonds. The van der Waals surface area contributed by atoms with E-state index in [1.165, 1.54) is 49.9 Å². The molecule has 13 rings (SSSR count). The first-order chi connectivity index (χ1) is 27.8. The zero-order chi connectivity index (χ0) is 36.5. The fourth-order valence-electron chi connectivity index (χ4n) is 9.56. The topological polar surface area (TPSA) is 36.1 Å². The zero-order valence-electron chi connectivity index (χ0n) is 30.0. The molecular formula is C52H30N2O2. The second-order valence-corrected chi connectivity index (χ2v) is 14.8. The molecule has 0 spiro atoms. The van der Waals surface area contributed by atoms with Crippen molar-refractivity contribution >= 4 is 65.9 Å². The molecule has 1 aliphatic rings. The van der Waals surface area contributed by atoms with E-state index < -0.39 is 0 Å². The van der Waals surface area contributed by atoms with Crippen LogP contribution >= 0.6 is 0 Å². The van der Waals surface area contributed by atoms with E-state index >= 15 is 0 Å². The number of fused-ring (bicyclic) bond motifs is 18. The lowest BCUT2D eigenvalue weighted by molar-refractivity contribution is 0.644. The van der Waals surface area contributed by atoms with Crippen LogP contribution in [0.4, 0.5) is 0 Å². The number of hydrogen-bond acceptors (Lipinski definition) is 2. The van der Waals surface area contributed by atoms with Crippen molar-refractivity contribution in [2.24, 2.45) is 0 Å². The van der Waals surface area contributed by atoms with Crippen LogP contribution in [-0.4, -0.2) is 9.13 Å². The van der Waals surface area contributed by atoms with Crippen LogP contribution in [0.2, 0.25) is 0 Å². The van der Waals surface area contributed by atoms with Gasteiger partial charge in [-0.2, -0.15) is 0 Å². The molecule has 0 fully saturated rings. The monoisotopic (exact) mass is 714 g/mol. The summed E-state index contributed by atoms with van der Waals surface area (Å²) < 4.78 is 18.0. The van der Waals surface area contributed by atoms with Gasteiger partial charge in [0.05, 0.1) is 21.8 Å². The standard InChI is InChI=1S/C52H30N2O2/c1-2-14-34-33(13-1)35-15-3-4-17-37(35)39-27-25-31(29-43(39)38-18-6-5-16-36(34)38)54-46-28-26-32(30-44(46)50-42-21-9-12-24-48(42)56-52(50)54)53-45-22-10-7-19-40(45)49-41-20-8-11-23-47(41)55-51(49)53/h1-30H. The van der Waals surface area contributed by atoms with Crippen LogP contribution < -0.4 is 0 Å². The van der Waals surface area contributed by atoms with Crippen molar-refractivity contribution in [3.05, 3.63) is 182 Å². The highest BCUT2D eigenvalue weighted by molar-refractivity contribution is 6.22. The van der Waals surface area contributed by atoms with Gasteiger partial charge in [-0.15, -0.1) is 0 Å². The third kappa shape index (κ3) is 3.92. The van der Waals surface area contributed by atoms with E-state index in [-0.39, 0.29) is 0 Å². The fraction of sp³-hybridized carbons (Fsp3) is 0. The van der Waals surface area contributed by atoms with Crippen molar-refractivity contribution in [3.8, 4) is 55.9 Å². The predicted molar refractivity (Wildman–Crippen MR) is 230 cm³/mol. The summed E-state index contributed by atoms with van der Waals surface area (Å²) in [5.74, 6) is 0. The van der Waals surface area contributed by atoms with Crippen molar-refractivity contribution < 1.29 is 8.83 Å². The first-order valence-corrected chi connectivity index (χ1v) is 19.1. The summed E-state index contributed by atoms with van der Waals surface area (Å²) in [6, 6.07) is 65.4. The second-order valence-electron chi connectivity index (χ2n) is 14.8. The molecule has 0 atom stereocenters. The van der Waals surface area contributed by atoms with E-state index in [0.717, 1.165) is 71.9 Å². The number of nitrogens with zero attached hydrogens (tertiary/aromatic N) is 2.